The number of rotatable bonds is 4. The van der Waals surface area contributed by atoms with Crippen LogP contribution in [0, 0.1) is 0 Å². The molecule has 1 aliphatic heterocycles. The molecular formula is C51H40N2. The van der Waals surface area contributed by atoms with Gasteiger partial charge in [0, 0.05) is 22.7 Å². The highest BCUT2D eigenvalue weighted by Crippen LogP contribution is 2.61. The predicted molar refractivity (Wildman–Crippen MR) is 225 cm³/mol. The van der Waals surface area contributed by atoms with Crippen LogP contribution in [0.5, 0.6) is 0 Å². The first kappa shape index (κ1) is 30.6. The minimum absolute atomic E-state index is 0.0220. The third-order valence-electron chi connectivity index (χ3n) is 13.2. The lowest BCUT2D eigenvalue weighted by Crippen LogP contribution is -2.54. The molecule has 2 nitrogen and oxygen atoms in total. The van der Waals surface area contributed by atoms with Gasteiger partial charge < -0.3 is 4.90 Å². The average molecular weight is 681 g/mol. The Balaban J connectivity index is 1.19. The predicted octanol–water partition coefficient (Wildman–Crippen LogP) is 13.9. The summed E-state index contributed by atoms with van der Waals surface area (Å²) >= 11 is 0. The second-order valence-electron chi connectivity index (χ2n) is 15.8. The standard InChI is InChI=1S/C51H40N2/c1-50-28-11-12-29-51(50,2)53(49-39-18-10-9-17-35(39)27-30-52-49)46-26-21-37(31-45(46)50)44-32-43(34-15-7-4-8-16-34)41-23-20-36-19-22-38(33-13-5-3-6-14-33)40-24-25-42(44)48(41)47(36)40/h3-10,13-27,30-32H,11-12,28-29H2,1-2H3. The Morgan fingerprint density at radius 2 is 1.13 bits per heavy atom. The van der Waals surface area contributed by atoms with Crippen molar-refractivity contribution < 1.29 is 0 Å². The van der Waals surface area contributed by atoms with Gasteiger partial charge in [0.15, 0.2) is 0 Å². The van der Waals surface area contributed by atoms with Gasteiger partial charge in [-0.3, -0.25) is 0 Å². The van der Waals surface area contributed by atoms with Crippen molar-refractivity contribution in [2.75, 3.05) is 4.90 Å². The molecule has 8 aromatic carbocycles. The Kier molecular flexibility index (Phi) is 6.50. The van der Waals surface area contributed by atoms with Crippen molar-refractivity contribution in [3.05, 3.63) is 163 Å². The maximum Gasteiger partial charge on any atom is 0.141 e. The summed E-state index contributed by atoms with van der Waals surface area (Å²) in [6.07, 6.45) is 6.77. The fourth-order valence-electron chi connectivity index (χ4n) is 10.4. The van der Waals surface area contributed by atoms with E-state index in [0.29, 0.717) is 0 Å². The van der Waals surface area contributed by atoms with Crippen molar-refractivity contribution in [3.8, 4) is 33.4 Å². The molecule has 254 valence electrons. The largest absolute Gasteiger partial charge is 0.319 e. The topological polar surface area (TPSA) is 16.1 Å². The molecule has 0 bridgehead atoms. The second kappa shape index (κ2) is 11.3. The van der Waals surface area contributed by atoms with Gasteiger partial charge in [0.2, 0.25) is 0 Å². The number of nitrogens with zero attached hydrogens (tertiary/aromatic N) is 2. The van der Waals surface area contributed by atoms with Crippen LogP contribution < -0.4 is 4.90 Å². The van der Waals surface area contributed by atoms with Crippen molar-refractivity contribution in [1.29, 1.82) is 0 Å². The quantitative estimate of drug-likeness (QED) is 0.172. The van der Waals surface area contributed by atoms with E-state index in [-0.39, 0.29) is 11.0 Å². The highest BCUT2D eigenvalue weighted by molar-refractivity contribution is 6.30. The molecule has 2 unspecified atom stereocenters. The van der Waals surface area contributed by atoms with Crippen LogP contribution in [0.1, 0.15) is 45.1 Å². The molecular weight excluding hydrogens is 641 g/mol. The monoisotopic (exact) mass is 680 g/mol. The summed E-state index contributed by atoms with van der Waals surface area (Å²) in [4.78, 5) is 7.75. The Labute approximate surface area is 310 Å². The molecule has 1 fully saturated rings. The number of aromatic nitrogens is 1. The molecule has 1 saturated carbocycles. The van der Waals surface area contributed by atoms with Crippen molar-refractivity contribution in [2.24, 2.45) is 0 Å². The van der Waals surface area contributed by atoms with E-state index in [1.54, 1.807) is 0 Å². The number of hydrogen-bond acceptors (Lipinski definition) is 2. The fraction of sp³-hybridized carbons (Fsp3) is 0.157. The Morgan fingerprint density at radius 1 is 0.491 bits per heavy atom. The number of benzene rings is 8. The molecule has 0 amide bonds. The van der Waals surface area contributed by atoms with Crippen molar-refractivity contribution >= 4 is 54.6 Å². The molecule has 0 spiro atoms. The number of fused-ring (bicyclic) bond motifs is 4. The summed E-state index contributed by atoms with van der Waals surface area (Å²) in [5.41, 5.74) is 10.3. The van der Waals surface area contributed by atoms with Crippen LogP contribution in [0.15, 0.2) is 158 Å². The maximum absolute atomic E-state index is 5.12. The zero-order chi connectivity index (χ0) is 35.3. The van der Waals surface area contributed by atoms with E-state index in [1.807, 2.05) is 6.20 Å². The van der Waals surface area contributed by atoms with Gasteiger partial charge in [-0.25, -0.2) is 4.98 Å². The van der Waals surface area contributed by atoms with E-state index in [1.165, 1.54) is 101 Å². The van der Waals surface area contributed by atoms with Gasteiger partial charge in [-0.05, 0) is 121 Å². The minimum atomic E-state index is -0.0883. The number of hydrogen-bond donors (Lipinski definition) is 0. The first-order chi connectivity index (χ1) is 26.0. The van der Waals surface area contributed by atoms with Gasteiger partial charge in [0.25, 0.3) is 0 Å². The lowest BCUT2D eigenvalue weighted by Gasteiger charge is -2.50. The first-order valence-electron chi connectivity index (χ1n) is 19.2. The molecule has 0 N–H and O–H groups in total. The Bertz CT molecular complexity index is 2870. The van der Waals surface area contributed by atoms with Gasteiger partial charge in [-0.2, -0.15) is 0 Å². The molecule has 0 radical (unpaired) electrons. The normalized spacial score (nSPS) is 19.7. The van der Waals surface area contributed by atoms with Crippen LogP contribution in [0.3, 0.4) is 0 Å². The lowest BCUT2D eigenvalue weighted by atomic mass is 9.61. The number of pyridine rings is 1. The van der Waals surface area contributed by atoms with E-state index < -0.39 is 0 Å². The molecule has 9 aromatic rings. The summed E-state index contributed by atoms with van der Waals surface area (Å²) < 4.78 is 0. The van der Waals surface area contributed by atoms with Crippen molar-refractivity contribution in [2.45, 2.75) is 50.5 Å². The molecule has 2 heterocycles. The summed E-state index contributed by atoms with van der Waals surface area (Å²) in [5.74, 6) is 1.08. The highest BCUT2D eigenvalue weighted by Gasteiger charge is 2.58. The number of anilines is 2. The van der Waals surface area contributed by atoms with Gasteiger partial charge in [0.05, 0.1) is 5.54 Å². The smallest absolute Gasteiger partial charge is 0.141 e. The van der Waals surface area contributed by atoms with E-state index in [2.05, 4.69) is 170 Å². The van der Waals surface area contributed by atoms with Gasteiger partial charge in [-0.15, -0.1) is 0 Å². The summed E-state index contributed by atoms with van der Waals surface area (Å²) in [6.45, 7) is 5.04. The lowest BCUT2D eigenvalue weighted by molar-refractivity contribution is 0.194. The van der Waals surface area contributed by atoms with Crippen molar-refractivity contribution in [1.82, 2.24) is 4.98 Å². The zero-order valence-electron chi connectivity index (χ0n) is 30.2. The third-order valence-corrected chi connectivity index (χ3v) is 13.2. The third kappa shape index (κ3) is 4.24. The molecule has 2 heteroatoms. The minimum Gasteiger partial charge on any atom is -0.319 e. The van der Waals surface area contributed by atoms with E-state index >= 15 is 0 Å². The molecule has 2 aliphatic rings. The zero-order valence-corrected chi connectivity index (χ0v) is 30.2. The molecule has 1 aliphatic carbocycles. The molecule has 1 aromatic heterocycles. The SMILES string of the molecule is CC12CCCCC1(C)N(c1nccc3ccccc13)c1ccc(-c3cc(-c4ccccc4)c4ccc5ccc(-c6ccccc6)c6ccc3c4c56)cc12. The van der Waals surface area contributed by atoms with E-state index in [9.17, 15) is 0 Å². The van der Waals surface area contributed by atoms with E-state index in [4.69, 9.17) is 4.98 Å². The van der Waals surface area contributed by atoms with Crippen LogP contribution >= 0.6 is 0 Å². The van der Waals surface area contributed by atoms with Crippen LogP contribution in [0.4, 0.5) is 11.5 Å². The van der Waals surface area contributed by atoms with Crippen LogP contribution in [-0.2, 0) is 5.41 Å². The van der Waals surface area contributed by atoms with E-state index in [0.717, 1.165) is 18.7 Å². The van der Waals surface area contributed by atoms with Crippen LogP contribution in [-0.4, -0.2) is 10.5 Å². The Morgan fingerprint density at radius 3 is 1.92 bits per heavy atom. The molecule has 0 saturated heterocycles. The summed E-state index contributed by atoms with van der Waals surface area (Å²) in [6, 6.07) is 56.6. The Hall–Kier alpha value is -5.99. The highest BCUT2D eigenvalue weighted by atomic mass is 15.3. The first-order valence-corrected chi connectivity index (χ1v) is 19.2. The van der Waals surface area contributed by atoms with Gasteiger partial charge in [-0.1, -0.05) is 147 Å². The van der Waals surface area contributed by atoms with Crippen molar-refractivity contribution in [3.63, 3.8) is 0 Å². The summed E-state index contributed by atoms with van der Waals surface area (Å²) in [5, 5.41) is 10.4. The fourth-order valence-corrected chi connectivity index (χ4v) is 10.4. The maximum atomic E-state index is 5.12. The molecule has 53 heavy (non-hydrogen) atoms. The van der Waals surface area contributed by atoms with Gasteiger partial charge in [0.1, 0.15) is 5.82 Å². The van der Waals surface area contributed by atoms with Gasteiger partial charge >= 0.3 is 0 Å². The van der Waals surface area contributed by atoms with Crippen LogP contribution in [0.2, 0.25) is 0 Å². The molecule has 11 rings (SSSR count). The van der Waals surface area contributed by atoms with Crippen LogP contribution in [0.25, 0.3) is 76.5 Å². The average Bonchev–Trinajstić information content (AvgIpc) is 3.42. The second-order valence-corrected chi connectivity index (χ2v) is 15.8. The molecule has 2 atom stereocenters. The summed E-state index contributed by atoms with van der Waals surface area (Å²) in [7, 11) is 0.